The molecule has 1 aliphatic rings. The van der Waals surface area contributed by atoms with Gasteiger partial charge in [0.15, 0.2) is 0 Å². The topological polar surface area (TPSA) is 90.4 Å². The van der Waals surface area contributed by atoms with Crippen LogP contribution in [0.5, 0.6) is 0 Å². The number of aromatic nitrogens is 2. The fourth-order valence-corrected chi connectivity index (χ4v) is 5.08. The molecule has 0 bridgehead atoms. The summed E-state index contributed by atoms with van der Waals surface area (Å²) in [6.07, 6.45) is 3.24. The van der Waals surface area contributed by atoms with Crippen LogP contribution in [0.4, 0.5) is 14.7 Å². The summed E-state index contributed by atoms with van der Waals surface area (Å²) >= 11 is 0. The molecule has 9 heteroatoms. The molecule has 3 aromatic rings. The largest absolute Gasteiger partial charge is 0.390 e. The van der Waals surface area contributed by atoms with Crippen LogP contribution in [0.15, 0.2) is 60.9 Å². The quantitative estimate of drug-likeness (QED) is 0.376. The van der Waals surface area contributed by atoms with Crippen molar-refractivity contribution in [2.24, 2.45) is 0 Å². The van der Waals surface area contributed by atoms with Gasteiger partial charge < -0.3 is 20.6 Å². The standard InChI is InChI=1S/C29H35F2N5O2/c1-19(2)22-6-4-7-23(15-22)29(8-11-36(18-29)28-32-9-5-10-33-28)34-17-27(38)26(35-20(3)37)14-21-12-24(30)16-25(31)13-21/h4-7,9-10,12-13,15-16,19,26-27,34,38H,8,11,14,17-18H2,1-3H3,(H,35,37)/t26-,27-,29?/m0/s1. The molecule has 7 nitrogen and oxygen atoms in total. The summed E-state index contributed by atoms with van der Waals surface area (Å²) < 4.78 is 27.6. The van der Waals surface area contributed by atoms with Gasteiger partial charge in [0.1, 0.15) is 11.6 Å². The zero-order chi connectivity index (χ0) is 27.3. The molecule has 38 heavy (non-hydrogen) atoms. The molecule has 2 heterocycles. The van der Waals surface area contributed by atoms with E-state index in [0.717, 1.165) is 24.6 Å². The highest BCUT2D eigenvalue weighted by atomic mass is 19.1. The Hall–Kier alpha value is -3.43. The predicted molar refractivity (Wildman–Crippen MR) is 143 cm³/mol. The van der Waals surface area contributed by atoms with Gasteiger partial charge in [-0.05, 0) is 53.6 Å². The molecule has 0 saturated carbocycles. The molecule has 1 aliphatic heterocycles. The highest BCUT2D eigenvalue weighted by Gasteiger charge is 2.41. The fraction of sp³-hybridized carbons (Fsp3) is 0.414. The molecule has 0 spiro atoms. The first-order valence-corrected chi connectivity index (χ1v) is 12.9. The maximum absolute atomic E-state index is 13.8. The number of carbonyl (C=O) groups excluding carboxylic acids is 1. The molecule has 2 aromatic carbocycles. The summed E-state index contributed by atoms with van der Waals surface area (Å²) in [5, 5.41) is 17.5. The molecule has 1 fully saturated rings. The van der Waals surface area contributed by atoms with Crippen LogP contribution < -0.4 is 15.5 Å². The summed E-state index contributed by atoms with van der Waals surface area (Å²) in [6, 6.07) is 12.7. The molecule has 1 aromatic heterocycles. The number of nitrogens with zero attached hydrogens (tertiary/aromatic N) is 3. The smallest absolute Gasteiger partial charge is 0.225 e. The number of carbonyl (C=O) groups is 1. The van der Waals surface area contributed by atoms with Crippen LogP contribution >= 0.6 is 0 Å². The van der Waals surface area contributed by atoms with E-state index in [-0.39, 0.29) is 18.9 Å². The SMILES string of the molecule is CC(=O)N[C@@H](Cc1cc(F)cc(F)c1)[C@@H](O)CNC1(c2cccc(C(C)C)c2)CCN(c2ncccn2)C1. The predicted octanol–water partition coefficient (Wildman–Crippen LogP) is 3.68. The molecule has 1 saturated heterocycles. The first kappa shape index (κ1) is 27.6. The van der Waals surface area contributed by atoms with E-state index < -0.39 is 29.3 Å². The number of aliphatic hydroxyl groups is 1. The second-order valence-electron chi connectivity index (χ2n) is 10.3. The lowest BCUT2D eigenvalue weighted by molar-refractivity contribution is -0.120. The highest BCUT2D eigenvalue weighted by molar-refractivity contribution is 5.73. The Morgan fingerprint density at radius 1 is 1.11 bits per heavy atom. The number of anilines is 1. The maximum atomic E-state index is 13.8. The van der Waals surface area contributed by atoms with E-state index in [9.17, 15) is 18.7 Å². The number of halogens is 2. The minimum atomic E-state index is -1.02. The van der Waals surface area contributed by atoms with E-state index in [2.05, 4.69) is 57.5 Å². The van der Waals surface area contributed by atoms with Gasteiger partial charge in [-0.25, -0.2) is 18.7 Å². The Morgan fingerprint density at radius 3 is 2.47 bits per heavy atom. The van der Waals surface area contributed by atoms with Gasteiger partial charge in [0, 0.05) is 45.0 Å². The summed E-state index contributed by atoms with van der Waals surface area (Å²) in [7, 11) is 0. The second-order valence-corrected chi connectivity index (χ2v) is 10.3. The number of hydrogen-bond donors (Lipinski definition) is 3. The van der Waals surface area contributed by atoms with Crippen molar-refractivity contribution in [3.05, 3.63) is 89.2 Å². The molecule has 3 atom stereocenters. The summed E-state index contributed by atoms with van der Waals surface area (Å²) in [5.41, 5.74) is 2.16. The lowest BCUT2D eigenvalue weighted by atomic mass is 9.86. The Labute approximate surface area is 222 Å². The molecule has 4 rings (SSSR count). The lowest BCUT2D eigenvalue weighted by Crippen LogP contribution is -2.53. The number of benzene rings is 2. The van der Waals surface area contributed by atoms with Gasteiger partial charge in [-0.1, -0.05) is 38.1 Å². The van der Waals surface area contributed by atoms with Crippen LogP contribution in [-0.2, 0) is 16.8 Å². The summed E-state index contributed by atoms with van der Waals surface area (Å²) in [6.45, 7) is 7.11. The van der Waals surface area contributed by atoms with E-state index >= 15 is 0 Å². The third-order valence-electron chi connectivity index (χ3n) is 7.09. The van der Waals surface area contributed by atoms with Crippen molar-refractivity contribution in [3.63, 3.8) is 0 Å². The monoisotopic (exact) mass is 523 g/mol. The number of nitrogens with one attached hydrogen (secondary N) is 2. The van der Waals surface area contributed by atoms with Crippen molar-refractivity contribution >= 4 is 11.9 Å². The van der Waals surface area contributed by atoms with E-state index in [0.29, 0.717) is 24.0 Å². The van der Waals surface area contributed by atoms with Crippen molar-refractivity contribution in [1.82, 2.24) is 20.6 Å². The summed E-state index contributed by atoms with van der Waals surface area (Å²) in [4.78, 5) is 22.9. The second kappa shape index (κ2) is 12.0. The van der Waals surface area contributed by atoms with Crippen LogP contribution in [0.1, 0.15) is 49.8 Å². The molecule has 3 N–H and O–H groups in total. The fourth-order valence-electron chi connectivity index (χ4n) is 5.08. The average molecular weight is 524 g/mol. The lowest BCUT2D eigenvalue weighted by Gasteiger charge is -2.34. The van der Waals surface area contributed by atoms with Crippen LogP contribution in [-0.4, -0.2) is 52.8 Å². The van der Waals surface area contributed by atoms with Gasteiger partial charge in [0.25, 0.3) is 0 Å². The number of rotatable bonds is 10. The molecule has 0 radical (unpaired) electrons. The Balaban J connectivity index is 1.58. The van der Waals surface area contributed by atoms with E-state index in [1.54, 1.807) is 18.5 Å². The Kier molecular flexibility index (Phi) is 8.69. The zero-order valence-electron chi connectivity index (χ0n) is 22.0. The number of aliphatic hydroxyl groups excluding tert-OH is 1. The molecule has 202 valence electrons. The van der Waals surface area contributed by atoms with E-state index in [1.165, 1.54) is 24.6 Å². The third kappa shape index (κ3) is 6.71. The first-order chi connectivity index (χ1) is 18.1. The van der Waals surface area contributed by atoms with Crippen LogP contribution in [0.3, 0.4) is 0 Å². The first-order valence-electron chi connectivity index (χ1n) is 12.9. The number of amides is 1. The van der Waals surface area contributed by atoms with Gasteiger partial charge in [-0.15, -0.1) is 0 Å². The van der Waals surface area contributed by atoms with Gasteiger partial charge in [0.05, 0.1) is 17.7 Å². The molecule has 1 amide bonds. The van der Waals surface area contributed by atoms with E-state index in [1.807, 2.05) is 6.07 Å². The minimum Gasteiger partial charge on any atom is -0.390 e. The molecular formula is C29H35F2N5O2. The summed E-state index contributed by atoms with van der Waals surface area (Å²) in [5.74, 6) is -0.748. The van der Waals surface area contributed by atoms with Crippen LogP contribution in [0, 0.1) is 11.6 Å². The zero-order valence-corrected chi connectivity index (χ0v) is 22.0. The van der Waals surface area contributed by atoms with Gasteiger partial charge >= 0.3 is 0 Å². The molecule has 0 aliphatic carbocycles. The highest BCUT2D eigenvalue weighted by Crippen LogP contribution is 2.35. The van der Waals surface area contributed by atoms with Crippen molar-refractivity contribution < 1.29 is 18.7 Å². The maximum Gasteiger partial charge on any atom is 0.225 e. The van der Waals surface area contributed by atoms with Crippen LogP contribution in [0.2, 0.25) is 0 Å². The van der Waals surface area contributed by atoms with Gasteiger partial charge in [-0.3, -0.25) is 4.79 Å². The van der Waals surface area contributed by atoms with Gasteiger partial charge in [0.2, 0.25) is 11.9 Å². The van der Waals surface area contributed by atoms with Crippen molar-refractivity contribution in [1.29, 1.82) is 0 Å². The number of hydrogen-bond acceptors (Lipinski definition) is 6. The Bertz CT molecular complexity index is 1220. The Morgan fingerprint density at radius 2 is 1.82 bits per heavy atom. The van der Waals surface area contributed by atoms with Crippen LogP contribution in [0.25, 0.3) is 0 Å². The minimum absolute atomic E-state index is 0.0803. The van der Waals surface area contributed by atoms with E-state index in [4.69, 9.17) is 0 Å². The third-order valence-corrected chi connectivity index (χ3v) is 7.09. The van der Waals surface area contributed by atoms with Crippen molar-refractivity contribution in [2.75, 3.05) is 24.5 Å². The average Bonchev–Trinajstić information content (AvgIpc) is 3.32. The van der Waals surface area contributed by atoms with Gasteiger partial charge in [-0.2, -0.15) is 0 Å². The molecular weight excluding hydrogens is 488 g/mol. The van der Waals surface area contributed by atoms with Crippen molar-refractivity contribution in [3.8, 4) is 0 Å². The van der Waals surface area contributed by atoms with Crippen molar-refractivity contribution in [2.45, 2.75) is 57.2 Å². The molecule has 1 unspecified atom stereocenters. The normalized spacial score (nSPS) is 19.0.